The molecule has 0 atom stereocenters. The number of hydrogen-bond donors (Lipinski definition) is 0. The maximum Gasteiger partial charge on any atom is 0.112 e. The summed E-state index contributed by atoms with van der Waals surface area (Å²) in [5, 5.41) is 10.6. The molecule has 0 bridgehead atoms. The van der Waals surface area contributed by atoms with Crippen LogP contribution >= 0.6 is 12.2 Å². The Morgan fingerprint density at radius 2 is 1.41 bits per heavy atom. The lowest BCUT2D eigenvalue weighted by molar-refractivity contribution is 1.23. The predicted molar refractivity (Wildman–Crippen MR) is 71.7 cm³/mol. The van der Waals surface area contributed by atoms with Gasteiger partial charge in [-0.25, -0.2) is 0 Å². The molecule has 0 aliphatic rings. The van der Waals surface area contributed by atoms with E-state index in [1.54, 1.807) is 0 Å². The second-order valence-electron chi connectivity index (χ2n) is 3.23. The largest absolute Gasteiger partial charge is 0.192 e. The molecule has 2 rings (SSSR count). The van der Waals surface area contributed by atoms with Crippen LogP contribution in [0.15, 0.2) is 69.8 Å². The summed E-state index contributed by atoms with van der Waals surface area (Å²) in [6.45, 7) is 0. The average molecular weight is 239 g/mol. The standard InChI is InChI=1S/C13H9N3S/c17-10-14-12-8-4-5-9-13(12)16-15-11-6-2-1-3-7-11/h1-9H. The van der Waals surface area contributed by atoms with Crippen LogP contribution in [-0.4, -0.2) is 5.16 Å². The Bertz CT molecular complexity index is 572. The topological polar surface area (TPSA) is 37.1 Å². The Morgan fingerprint density at radius 1 is 0.765 bits per heavy atom. The first-order valence-corrected chi connectivity index (χ1v) is 5.44. The molecule has 2 aromatic carbocycles. The van der Waals surface area contributed by atoms with E-state index in [0.717, 1.165) is 5.69 Å². The fourth-order valence-corrected chi connectivity index (χ4v) is 1.40. The van der Waals surface area contributed by atoms with Crippen LogP contribution in [0.25, 0.3) is 0 Å². The molecule has 0 radical (unpaired) electrons. The Kier molecular flexibility index (Phi) is 3.86. The lowest BCUT2D eigenvalue weighted by Crippen LogP contribution is -1.67. The molecular weight excluding hydrogens is 230 g/mol. The van der Waals surface area contributed by atoms with Gasteiger partial charge in [-0.05, 0) is 36.5 Å². The van der Waals surface area contributed by atoms with Crippen molar-refractivity contribution < 1.29 is 0 Å². The van der Waals surface area contributed by atoms with Gasteiger partial charge in [-0.2, -0.15) is 10.1 Å². The highest BCUT2D eigenvalue weighted by atomic mass is 32.1. The van der Waals surface area contributed by atoms with Gasteiger partial charge in [0, 0.05) is 0 Å². The second kappa shape index (κ2) is 5.80. The minimum atomic E-state index is 0.669. The minimum absolute atomic E-state index is 0.669. The van der Waals surface area contributed by atoms with Crippen molar-refractivity contribution in [3.8, 4) is 0 Å². The van der Waals surface area contributed by atoms with Crippen molar-refractivity contribution in [3.63, 3.8) is 0 Å². The van der Waals surface area contributed by atoms with Gasteiger partial charge >= 0.3 is 0 Å². The van der Waals surface area contributed by atoms with Crippen molar-refractivity contribution in [3.05, 3.63) is 54.6 Å². The number of para-hydroxylation sites is 1. The van der Waals surface area contributed by atoms with Gasteiger partial charge in [-0.3, -0.25) is 0 Å². The summed E-state index contributed by atoms with van der Waals surface area (Å²) in [6, 6.07) is 16.9. The van der Waals surface area contributed by atoms with E-state index >= 15 is 0 Å². The Morgan fingerprint density at radius 3 is 2.12 bits per heavy atom. The molecule has 0 amide bonds. The van der Waals surface area contributed by atoms with E-state index < -0.39 is 0 Å². The van der Waals surface area contributed by atoms with Crippen LogP contribution in [0, 0.1) is 0 Å². The van der Waals surface area contributed by atoms with Crippen molar-refractivity contribution in [1.29, 1.82) is 0 Å². The van der Waals surface area contributed by atoms with Crippen LogP contribution < -0.4 is 0 Å². The number of isothiocyanates is 1. The average Bonchev–Trinajstić information content (AvgIpc) is 2.39. The number of aliphatic imine (C=N–C) groups is 1. The van der Waals surface area contributed by atoms with Crippen molar-refractivity contribution in [1.82, 2.24) is 0 Å². The quantitative estimate of drug-likeness (QED) is 0.429. The molecule has 0 spiro atoms. The third-order valence-corrected chi connectivity index (χ3v) is 2.17. The molecule has 0 heterocycles. The van der Waals surface area contributed by atoms with Gasteiger partial charge in [-0.1, -0.05) is 30.3 Å². The van der Waals surface area contributed by atoms with Gasteiger partial charge in [0.25, 0.3) is 0 Å². The summed E-state index contributed by atoms with van der Waals surface area (Å²) in [7, 11) is 0. The van der Waals surface area contributed by atoms with Crippen LogP contribution in [0.1, 0.15) is 0 Å². The maximum atomic E-state index is 4.58. The lowest BCUT2D eigenvalue weighted by Gasteiger charge is -1.96. The fraction of sp³-hybridized carbons (Fsp3) is 0. The molecule has 0 unspecified atom stereocenters. The highest BCUT2D eigenvalue weighted by Crippen LogP contribution is 2.28. The van der Waals surface area contributed by atoms with E-state index in [2.05, 4.69) is 32.6 Å². The molecular formula is C13H9N3S. The van der Waals surface area contributed by atoms with Crippen LogP contribution in [0.2, 0.25) is 0 Å². The van der Waals surface area contributed by atoms with E-state index in [1.165, 1.54) is 0 Å². The zero-order valence-electron chi connectivity index (χ0n) is 8.95. The molecule has 0 N–H and O–H groups in total. The predicted octanol–water partition coefficient (Wildman–Crippen LogP) is 4.84. The van der Waals surface area contributed by atoms with Crippen LogP contribution in [-0.2, 0) is 0 Å². The van der Waals surface area contributed by atoms with Crippen molar-refractivity contribution >= 4 is 34.4 Å². The monoisotopic (exact) mass is 239 g/mol. The van der Waals surface area contributed by atoms with Crippen molar-refractivity contribution in [2.24, 2.45) is 15.2 Å². The molecule has 0 saturated heterocycles. The van der Waals surface area contributed by atoms with Crippen LogP contribution in [0.4, 0.5) is 17.1 Å². The molecule has 0 fully saturated rings. The lowest BCUT2D eigenvalue weighted by atomic mass is 10.3. The summed E-state index contributed by atoms with van der Waals surface area (Å²) in [5.41, 5.74) is 2.14. The molecule has 0 aliphatic heterocycles. The zero-order valence-corrected chi connectivity index (χ0v) is 9.76. The number of nitrogens with zero attached hydrogens (tertiary/aromatic N) is 3. The van der Waals surface area contributed by atoms with Gasteiger partial charge in [0.1, 0.15) is 11.4 Å². The summed E-state index contributed by atoms with van der Waals surface area (Å²) in [5.74, 6) is 0. The van der Waals surface area contributed by atoms with E-state index in [0.29, 0.717) is 11.4 Å². The number of benzene rings is 2. The normalized spacial score (nSPS) is 10.1. The van der Waals surface area contributed by atoms with E-state index in [4.69, 9.17) is 0 Å². The molecule has 0 aliphatic carbocycles. The summed E-state index contributed by atoms with van der Waals surface area (Å²) < 4.78 is 0. The number of thiocarbonyl (C=S) groups is 1. The number of hydrogen-bond acceptors (Lipinski definition) is 4. The van der Waals surface area contributed by atoms with Gasteiger partial charge in [-0.15, -0.1) is 5.11 Å². The molecule has 3 nitrogen and oxygen atoms in total. The smallest absolute Gasteiger partial charge is 0.112 e. The minimum Gasteiger partial charge on any atom is -0.192 e. The molecule has 0 aromatic heterocycles. The SMILES string of the molecule is S=C=Nc1ccccc1N=Nc1ccccc1. The molecule has 2 aromatic rings. The second-order valence-corrected chi connectivity index (χ2v) is 3.41. The first-order chi connectivity index (χ1) is 8.40. The Labute approximate surface area is 105 Å². The molecule has 0 saturated carbocycles. The number of rotatable bonds is 3. The summed E-state index contributed by atoms with van der Waals surface area (Å²) in [6.07, 6.45) is 0. The third kappa shape index (κ3) is 3.14. The molecule has 4 heteroatoms. The van der Waals surface area contributed by atoms with Gasteiger partial charge in [0.15, 0.2) is 0 Å². The van der Waals surface area contributed by atoms with Crippen LogP contribution in [0.3, 0.4) is 0 Å². The maximum absolute atomic E-state index is 4.58. The summed E-state index contributed by atoms with van der Waals surface area (Å²) in [4.78, 5) is 3.93. The van der Waals surface area contributed by atoms with Crippen molar-refractivity contribution in [2.75, 3.05) is 0 Å². The third-order valence-electron chi connectivity index (χ3n) is 2.08. The van der Waals surface area contributed by atoms with Gasteiger partial charge < -0.3 is 0 Å². The van der Waals surface area contributed by atoms with Crippen molar-refractivity contribution in [2.45, 2.75) is 0 Å². The summed E-state index contributed by atoms with van der Waals surface area (Å²) >= 11 is 4.58. The molecule has 82 valence electrons. The van der Waals surface area contributed by atoms with Gasteiger partial charge in [0.2, 0.25) is 0 Å². The highest BCUT2D eigenvalue weighted by Gasteiger charge is 1.97. The first kappa shape index (κ1) is 11.3. The Hall–Kier alpha value is -2.16. The van der Waals surface area contributed by atoms with E-state index in [9.17, 15) is 0 Å². The fourth-order valence-electron chi connectivity index (χ4n) is 1.30. The Balaban J connectivity index is 2.30. The number of azo groups is 1. The van der Waals surface area contributed by atoms with Gasteiger partial charge in [0.05, 0.1) is 10.8 Å². The van der Waals surface area contributed by atoms with Crippen LogP contribution in [0.5, 0.6) is 0 Å². The highest BCUT2D eigenvalue weighted by molar-refractivity contribution is 7.78. The van der Waals surface area contributed by atoms with E-state index in [1.807, 2.05) is 54.6 Å². The van der Waals surface area contributed by atoms with E-state index in [-0.39, 0.29) is 0 Å². The molecule has 17 heavy (non-hydrogen) atoms. The first-order valence-electron chi connectivity index (χ1n) is 5.04. The zero-order chi connectivity index (χ0) is 11.9.